The lowest BCUT2D eigenvalue weighted by Gasteiger charge is -2.15. The number of carbonyl (C=O) groups is 1. The Balaban J connectivity index is 1.86. The van der Waals surface area contributed by atoms with Crippen LogP contribution in [-0.4, -0.2) is 15.7 Å². The van der Waals surface area contributed by atoms with Crippen LogP contribution in [-0.2, 0) is 4.79 Å². The van der Waals surface area contributed by atoms with Gasteiger partial charge in [-0.3, -0.25) is 9.59 Å². The molecule has 0 saturated heterocycles. The van der Waals surface area contributed by atoms with Crippen molar-refractivity contribution in [3.8, 4) is 11.3 Å². The van der Waals surface area contributed by atoms with E-state index in [-0.39, 0.29) is 11.7 Å². The number of rotatable bonds is 4. The van der Waals surface area contributed by atoms with Gasteiger partial charge >= 0.3 is 0 Å². The zero-order valence-electron chi connectivity index (χ0n) is 13.8. The Morgan fingerprint density at radius 1 is 1.08 bits per heavy atom. The molecule has 0 aliphatic heterocycles. The van der Waals surface area contributed by atoms with Crippen molar-refractivity contribution in [1.82, 2.24) is 9.78 Å². The quantitative estimate of drug-likeness (QED) is 0.699. The molecule has 1 N–H and O–H groups in total. The number of halogens is 2. The summed E-state index contributed by atoms with van der Waals surface area (Å²) in [6.07, 6.45) is 0. The molecule has 2 aromatic carbocycles. The Labute approximate surface area is 157 Å². The van der Waals surface area contributed by atoms with E-state index in [1.54, 1.807) is 49.4 Å². The number of hydrogen-bond acceptors (Lipinski definition) is 3. The van der Waals surface area contributed by atoms with Crippen LogP contribution in [0.25, 0.3) is 11.3 Å². The van der Waals surface area contributed by atoms with E-state index in [4.69, 9.17) is 0 Å². The first-order valence-corrected chi connectivity index (χ1v) is 8.65. The molecule has 1 amide bonds. The first-order chi connectivity index (χ1) is 12.4. The topological polar surface area (TPSA) is 64.0 Å². The van der Waals surface area contributed by atoms with Crippen LogP contribution in [0.3, 0.4) is 0 Å². The van der Waals surface area contributed by atoms with E-state index in [9.17, 15) is 14.0 Å². The van der Waals surface area contributed by atoms with Gasteiger partial charge in [0.2, 0.25) is 5.91 Å². The van der Waals surface area contributed by atoms with E-state index in [1.165, 1.54) is 18.2 Å². The lowest BCUT2D eigenvalue weighted by atomic mass is 10.1. The smallest absolute Gasteiger partial charge is 0.267 e. The van der Waals surface area contributed by atoms with E-state index in [2.05, 4.69) is 26.3 Å². The van der Waals surface area contributed by atoms with Crippen molar-refractivity contribution in [2.75, 3.05) is 5.32 Å². The molecule has 132 valence electrons. The summed E-state index contributed by atoms with van der Waals surface area (Å²) in [5.74, 6) is -0.720. The summed E-state index contributed by atoms with van der Waals surface area (Å²) in [4.78, 5) is 24.6. The highest BCUT2D eigenvalue weighted by atomic mass is 79.9. The number of amides is 1. The third-order valence-corrected chi connectivity index (χ3v) is 4.35. The first-order valence-electron chi connectivity index (χ1n) is 7.86. The Morgan fingerprint density at radius 3 is 2.38 bits per heavy atom. The third kappa shape index (κ3) is 4.05. The highest BCUT2D eigenvalue weighted by molar-refractivity contribution is 9.10. The summed E-state index contributed by atoms with van der Waals surface area (Å²) in [6.45, 7) is 1.59. The van der Waals surface area contributed by atoms with Crippen LogP contribution < -0.4 is 10.9 Å². The number of nitrogens with zero attached hydrogens (tertiary/aromatic N) is 2. The van der Waals surface area contributed by atoms with Crippen molar-refractivity contribution in [2.45, 2.75) is 13.0 Å². The van der Waals surface area contributed by atoms with Gasteiger partial charge in [0.25, 0.3) is 5.56 Å². The monoisotopic (exact) mass is 415 g/mol. The van der Waals surface area contributed by atoms with Gasteiger partial charge in [-0.05, 0) is 61.5 Å². The van der Waals surface area contributed by atoms with E-state index >= 15 is 0 Å². The van der Waals surface area contributed by atoms with Crippen molar-refractivity contribution in [2.24, 2.45) is 0 Å². The average molecular weight is 416 g/mol. The van der Waals surface area contributed by atoms with Crippen LogP contribution in [0.4, 0.5) is 10.1 Å². The zero-order chi connectivity index (χ0) is 18.7. The second-order valence-electron chi connectivity index (χ2n) is 5.68. The SMILES string of the molecule is CC(C(=O)Nc1ccc(Br)cc1)n1nc(-c2ccc(F)cc2)ccc1=O. The number of aromatic nitrogens is 2. The number of anilines is 1. The predicted molar refractivity (Wildman–Crippen MR) is 101 cm³/mol. The van der Waals surface area contributed by atoms with Crippen LogP contribution in [0.5, 0.6) is 0 Å². The molecule has 1 atom stereocenters. The lowest BCUT2D eigenvalue weighted by Crippen LogP contribution is -2.33. The van der Waals surface area contributed by atoms with Gasteiger partial charge in [0.15, 0.2) is 0 Å². The minimum absolute atomic E-state index is 0.357. The number of nitrogens with one attached hydrogen (secondary N) is 1. The Bertz CT molecular complexity index is 985. The third-order valence-electron chi connectivity index (χ3n) is 3.82. The molecule has 0 spiro atoms. The average Bonchev–Trinajstić information content (AvgIpc) is 2.64. The minimum atomic E-state index is -0.813. The van der Waals surface area contributed by atoms with E-state index < -0.39 is 11.6 Å². The van der Waals surface area contributed by atoms with Gasteiger partial charge < -0.3 is 5.32 Å². The Kier molecular flexibility index (Phi) is 5.27. The van der Waals surface area contributed by atoms with Crippen LogP contribution in [0.2, 0.25) is 0 Å². The maximum absolute atomic E-state index is 13.1. The number of hydrogen-bond donors (Lipinski definition) is 1. The van der Waals surface area contributed by atoms with Crippen molar-refractivity contribution in [1.29, 1.82) is 0 Å². The molecule has 5 nitrogen and oxygen atoms in total. The van der Waals surface area contributed by atoms with Crippen molar-refractivity contribution >= 4 is 27.5 Å². The van der Waals surface area contributed by atoms with Crippen LogP contribution in [0.15, 0.2) is 69.9 Å². The largest absolute Gasteiger partial charge is 0.324 e. The van der Waals surface area contributed by atoms with Crippen LogP contribution in [0.1, 0.15) is 13.0 Å². The summed E-state index contributed by atoms with van der Waals surface area (Å²) < 4.78 is 15.1. The van der Waals surface area contributed by atoms with Gasteiger partial charge in [-0.25, -0.2) is 9.07 Å². The molecule has 0 radical (unpaired) electrons. The fraction of sp³-hybridized carbons (Fsp3) is 0.105. The normalized spacial score (nSPS) is 11.8. The second-order valence-corrected chi connectivity index (χ2v) is 6.60. The van der Waals surface area contributed by atoms with Gasteiger partial charge in [-0.15, -0.1) is 0 Å². The molecular weight excluding hydrogens is 401 g/mol. The maximum atomic E-state index is 13.1. The van der Waals surface area contributed by atoms with Gasteiger partial charge in [-0.1, -0.05) is 15.9 Å². The summed E-state index contributed by atoms with van der Waals surface area (Å²) >= 11 is 3.33. The summed E-state index contributed by atoms with van der Waals surface area (Å²) in [6, 6.07) is 15.0. The molecule has 1 unspecified atom stereocenters. The van der Waals surface area contributed by atoms with Gasteiger partial charge in [-0.2, -0.15) is 5.10 Å². The maximum Gasteiger partial charge on any atom is 0.267 e. The summed E-state index contributed by atoms with van der Waals surface area (Å²) in [5.41, 5.74) is 1.36. The van der Waals surface area contributed by atoms with Crippen LogP contribution in [0, 0.1) is 5.82 Å². The van der Waals surface area contributed by atoms with Crippen molar-refractivity contribution in [3.63, 3.8) is 0 Å². The minimum Gasteiger partial charge on any atom is -0.324 e. The van der Waals surface area contributed by atoms with Gasteiger partial charge in [0.1, 0.15) is 11.9 Å². The fourth-order valence-corrected chi connectivity index (χ4v) is 2.63. The summed E-state index contributed by atoms with van der Waals surface area (Å²) in [7, 11) is 0. The molecule has 3 aromatic rings. The van der Waals surface area contributed by atoms with Crippen molar-refractivity contribution in [3.05, 3.63) is 81.3 Å². The van der Waals surface area contributed by atoms with E-state index in [1.807, 2.05) is 0 Å². The van der Waals surface area contributed by atoms with Crippen LogP contribution >= 0.6 is 15.9 Å². The molecule has 26 heavy (non-hydrogen) atoms. The standard InChI is InChI=1S/C19H15BrFN3O2/c1-12(19(26)22-16-8-4-14(20)5-9-16)24-18(25)11-10-17(23-24)13-2-6-15(21)7-3-13/h2-12H,1H3,(H,22,26). The molecule has 0 saturated carbocycles. The molecular formula is C19H15BrFN3O2. The number of carbonyl (C=O) groups excluding carboxylic acids is 1. The highest BCUT2D eigenvalue weighted by Gasteiger charge is 2.18. The molecule has 0 fully saturated rings. The molecule has 7 heteroatoms. The lowest BCUT2D eigenvalue weighted by molar-refractivity contribution is -0.119. The van der Waals surface area contributed by atoms with Gasteiger partial charge in [0, 0.05) is 21.8 Å². The highest BCUT2D eigenvalue weighted by Crippen LogP contribution is 2.18. The molecule has 1 aromatic heterocycles. The van der Waals surface area contributed by atoms with E-state index in [0.29, 0.717) is 16.9 Å². The molecule has 0 bridgehead atoms. The predicted octanol–water partition coefficient (Wildman–Crippen LogP) is 4.01. The van der Waals surface area contributed by atoms with E-state index in [0.717, 1.165) is 9.15 Å². The molecule has 0 aliphatic rings. The molecule has 3 rings (SSSR count). The fourth-order valence-electron chi connectivity index (χ4n) is 2.37. The first kappa shape index (κ1) is 18.0. The number of benzene rings is 2. The molecule has 1 heterocycles. The Morgan fingerprint density at radius 2 is 1.73 bits per heavy atom. The van der Waals surface area contributed by atoms with Gasteiger partial charge in [0.05, 0.1) is 5.69 Å². The second kappa shape index (κ2) is 7.61. The van der Waals surface area contributed by atoms with Crippen molar-refractivity contribution < 1.29 is 9.18 Å². The molecule has 0 aliphatic carbocycles. The Hall–Kier alpha value is -2.80. The summed E-state index contributed by atoms with van der Waals surface area (Å²) in [5, 5.41) is 7.01. The zero-order valence-corrected chi connectivity index (χ0v) is 15.4.